The molecule has 0 aliphatic rings. The van der Waals surface area contributed by atoms with Crippen LogP contribution in [0.25, 0.3) is 0 Å². The number of rotatable bonds is 5. The van der Waals surface area contributed by atoms with Gasteiger partial charge in [-0.1, -0.05) is 20.3 Å². The van der Waals surface area contributed by atoms with Crippen molar-refractivity contribution in [1.82, 2.24) is 4.37 Å². The summed E-state index contributed by atoms with van der Waals surface area (Å²) >= 11 is 1.22. The Bertz CT molecular complexity index is 377. The normalized spacial score (nSPS) is 12.4. The number of amides is 1. The van der Waals surface area contributed by atoms with Gasteiger partial charge >= 0.3 is 0 Å². The Balaban J connectivity index is 2.91. The maximum atomic E-state index is 11.2. The summed E-state index contributed by atoms with van der Waals surface area (Å²) in [4.78, 5) is 13.2. The molecule has 0 aliphatic heterocycles. The number of carbonyl (C=O) groups is 1. The van der Waals surface area contributed by atoms with Gasteiger partial charge in [-0.25, -0.2) is 0 Å². The molecule has 1 aromatic rings. The van der Waals surface area contributed by atoms with Crippen molar-refractivity contribution in [2.24, 2.45) is 11.7 Å². The molecule has 1 heterocycles. The second kappa shape index (κ2) is 5.16. The number of primary amides is 1. The predicted octanol–water partition coefficient (Wildman–Crippen LogP) is 1.31. The fourth-order valence-electron chi connectivity index (χ4n) is 1.46. The zero-order chi connectivity index (χ0) is 12.3. The summed E-state index contributed by atoms with van der Waals surface area (Å²) in [5.41, 5.74) is 11.2. The zero-order valence-corrected chi connectivity index (χ0v) is 10.7. The van der Waals surface area contributed by atoms with Gasteiger partial charge in [0, 0.05) is 13.6 Å². The van der Waals surface area contributed by atoms with E-state index in [1.807, 2.05) is 11.9 Å². The molecule has 0 aliphatic carbocycles. The standard InChI is InChI=1S/C10H18N4OS/c1-4-6(2)5-14(3)10-7(9(12)15)8(11)13-16-10/h6H,4-5H2,1-3H3,(H2,11,13)(H2,12,15). The number of nitrogen functional groups attached to an aromatic ring is 1. The molecule has 1 rings (SSSR count). The Labute approximate surface area is 99.6 Å². The van der Waals surface area contributed by atoms with Crippen LogP contribution in [0.4, 0.5) is 10.8 Å². The average Bonchev–Trinajstić information content (AvgIpc) is 2.59. The van der Waals surface area contributed by atoms with E-state index >= 15 is 0 Å². The van der Waals surface area contributed by atoms with E-state index in [2.05, 4.69) is 18.2 Å². The fourth-order valence-corrected chi connectivity index (χ4v) is 2.25. The average molecular weight is 242 g/mol. The molecule has 1 atom stereocenters. The summed E-state index contributed by atoms with van der Waals surface area (Å²) in [5, 5.41) is 0.755. The third kappa shape index (κ3) is 2.63. The molecule has 5 nitrogen and oxygen atoms in total. The van der Waals surface area contributed by atoms with Crippen molar-refractivity contribution in [3.05, 3.63) is 5.56 Å². The van der Waals surface area contributed by atoms with E-state index in [4.69, 9.17) is 11.5 Å². The monoisotopic (exact) mass is 242 g/mol. The summed E-state index contributed by atoms with van der Waals surface area (Å²) in [7, 11) is 1.92. The number of nitrogens with two attached hydrogens (primary N) is 2. The molecule has 1 aromatic heterocycles. The molecule has 0 radical (unpaired) electrons. The van der Waals surface area contributed by atoms with Gasteiger partial charge in [0.1, 0.15) is 10.6 Å². The van der Waals surface area contributed by atoms with Gasteiger partial charge in [0.25, 0.3) is 5.91 Å². The molecule has 0 saturated heterocycles. The van der Waals surface area contributed by atoms with Crippen LogP contribution in [0.2, 0.25) is 0 Å². The third-order valence-corrected chi connectivity index (χ3v) is 3.55. The molecule has 16 heavy (non-hydrogen) atoms. The first-order valence-electron chi connectivity index (χ1n) is 5.23. The Kier molecular flexibility index (Phi) is 4.12. The van der Waals surface area contributed by atoms with E-state index < -0.39 is 5.91 Å². The van der Waals surface area contributed by atoms with Crippen LogP contribution >= 0.6 is 11.5 Å². The van der Waals surface area contributed by atoms with Crippen molar-refractivity contribution in [3.63, 3.8) is 0 Å². The van der Waals surface area contributed by atoms with Crippen LogP contribution in [0.1, 0.15) is 30.6 Å². The number of carbonyl (C=O) groups excluding carboxylic acids is 1. The lowest BCUT2D eigenvalue weighted by Gasteiger charge is -2.21. The number of aromatic nitrogens is 1. The molecule has 0 bridgehead atoms. The minimum atomic E-state index is -0.516. The van der Waals surface area contributed by atoms with Crippen LogP contribution < -0.4 is 16.4 Å². The molecule has 0 aromatic carbocycles. The maximum absolute atomic E-state index is 11.2. The largest absolute Gasteiger partial charge is 0.382 e. The summed E-state index contributed by atoms with van der Waals surface area (Å²) in [6, 6.07) is 0. The van der Waals surface area contributed by atoms with Crippen LogP contribution in [0, 0.1) is 5.92 Å². The molecular formula is C10H18N4OS. The highest BCUT2D eigenvalue weighted by Gasteiger charge is 2.20. The molecule has 1 unspecified atom stereocenters. The topological polar surface area (TPSA) is 85.2 Å². The predicted molar refractivity (Wildman–Crippen MR) is 67.8 cm³/mol. The maximum Gasteiger partial charge on any atom is 0.255 e. The van der Waals surface area contributed by atoms with E-state index in [-0.39, 0.29) is 5.82 Å². The molecule has 0 saturated carbocycles. The minimum absolute atomic E-state index is 0.225. The van der Waals surface area contributed by atoms with Crippen molar-refractivity contribution in [2.75, 3.05) is 24.2 Å². The lowest BCUT2D eigenvalue weighted by Crippen LogP contribution is -2.25. The fraction of sp³-hybridized carbons (Fsp3) is 0.600. The molecule has 90 valence electrons. The van der Waals surface area contributed by atoms with Crippen LogP contribution in [0.15, 0.2) is 0 Å². The molecule has 4 N–H and O–H groups in total. The first-order chi connectivity index (χ1) is 7.47. The second-order valence-electron chi connectivity index (χ2n) is 4.01. The van der Waals surface area contributed by atoms with Crippen molar-refractivity contribution in [2.45, 2.75) is 20.3 Å². The first kappa shape index (κ1) is 12.8. The molecule has 0 fully saturated rings. The van der Waals surface area contributed by atoms with Crippen molar-refractivity contribution < 1.29 is 4.79 Å². The second-order valence-corrected chi connectivity index (χ2v) is 4.76. The van der Waals surface area contributed by atoms with Gasteiger partial charge in [-0.2, -0.15) is 4.37 Å². The van der Waals surface area contributed by atoms with Crippen LogP contribution in [0.3, 0.4) is 0 Å². The Morgan fingerprint density at radius 2 is 2.25 bits per heavy atom. The van der Waals surface area contributed by atoms with Gasteiger partial charge < -0.3 is 16.4 Å². The van der Waals surface area contributed by atoms with E-state index in [0.717, 1.165) is 18.0 Å². The van der Waals surface area contributed by atoms with Gasteiger partial charge in [-0.15, -0.1) is 0 Å². The molecule has 1 amide bonds. The SMILES string of the molecule is CCC(C)CN(C)c1snc(N)c1C(N)=O. The molecular weight excluding hydrogens is 224 g/mol. The highest BCUT2D eigenvalue weighted by molar-refractivity contribution is 7.11. The van der Waals surface area contributed by atoms with Crippen LogP contribution in [-0.2, 0) is 0 Å². The van der Waals surface area contributed by atoms with Gasteiger partial charge in [-0.3, -0.25) is 4.79 Å². The van der Waals surface area contributed by atoms with Gasteiger partial charge in [0.15, 0.2) is 5.82 Å². The lowest BCUT2D eigenvalue weighted by molar-refractivity contribution is 0.100. The van der Waals surface area contributed by atoms with Crippen molar-refractivity contribution >= 4 is 28.3 Å². The minimum Gasteiger partial charge on any atom is -0.382 e. The number of hydrogen-bond donors (Lipinski definition) is 2. The van der Waals surface area contributed by atoms with E-state index in [0.29, 0.717) is 11.5 Å². The van der Waals surface area contributed by atoms with Gasteiger partial charge in [0.2, 0.25) is 0 Å². The quantitative estimate of drug-likeness (QED) is 0.815. The molecule has 6 heteroatoms. The smallest absolute Gasteiger partial charge is 0.255 e. The van der Waals surface area contributed by atoms with Crippen LogP contribution in [0.5, 0.6) is 0 Å². The molecule has 0 spiro atoms. The van der Waals surface area contributed by atoms with Crippen molar-refractivity contribution in [1.29, 1.82) is 0 Å². The number of nitrogens with zero attached hydrogens (tertiary/aromatic N) is 2. The number of hydrogen-bond acceptors (Lipinski definition) is 5. The lowest BCUT2D eigenvalue weighted by atomic mass is 10.1. The number of anilines is 2. The Hall–Kier alpha value is -1.30. The van der Waals surface area contributed by atoms with E-state index in [1.165, 1.54) is 11.5 Å². The Morgan fingerprint density at radius 3 is 2.75 bits per heavy atom. The first-order valence-corrected chi connectivity index (χ1v) is 6.00. The van der Waals surface area contributed by atoms with Gasteiger partial charge in [0.05, 0.1) is 0 Å². The summed E-state index contributed by atoms with van der Waals surface area (Å²) in [6.45, 7) is 5.15. The highest BCUT2D eigenvalue weighted by Crippen LogP contribution is 2.29. The summed E-state index contributed by atoms with van der Waals surface area (Å²) in [5.74, 6) is 0.259. The summed E-state index contributed by atoms with van der Waals surface area (Å²) in [6.07, 6.45) is 1.09. The highest BCUT2D eigenvalue weighted by atomic mass is 32.1. The third-order valence-electron chi connectivity index (χ3n) is 2.58. The van der Waals surface area contributed by atoms with E-state index in [9.17, 15) is 4.79 Å². The van der Waals surface area contributed by atoms with E-state index in [1.54, 1.807) is 0 Å². The van der Waals surface area contributed by atoms with Gasteiger partial charge in [-0.05, 0) is 17.5 Å². The van der Waals surface area contributed by atoms with Crippen LogP contribution in [-0.4, -0.2) is 23.9 Å². The zero-order valence-electron chi connectivity index (χ0n) is 9.86. The Morgan fingerprint density at radius 1 is 1.62 bits per heavy atom. The summed E-state index contributed by atoms with van der Waals surface area (Å²) < 4.78 is 3.97. The van der Waals surface area contributed by atoms with Crippen molar-refractivity contribution in [3.8, 4) is 0 Å².